The van der Waals surface area contributed by atoms with Crippen LogP contribution in [0, 0.1) is 17.5 Å². The number of benzene rings is 1. The summed E-state index contributed by atoms with van der Waals surface area (Å²) in [5, 5.41) is 0. The Balaban J connectivity index is 0.00000144. The van der Waals surface area contributed by atoms with Gasteiger partial charge in [-0.2, -0.15) is 0 Å². The third-order valence-electron chi connectivity index (χ3n) is 1.60. The maximum Gasteiger partial charge on any atom is 0.194 e. The lowest BCUT2D eigenvalue weighted by Gasteiger charge is -2.04. The van der Waals surface area contributed by atoms with Crippen LogP contribution in [0.2, 0.25) is 0 Å². The van der Waals surface area contributed by atoms with Gasteiger partial charge in [0.25, 0.3) is 0 Å². The minimum absolute atomic E-state index is 0. The Morgan fingerprint density at radius 3 is 2.15 bits per heavy atom. The van der Waals surface area contributed by atoms with Gasteiger partial charge in [-0.15, -0.1) is 0 Å². The van der Waals surface area contributed by atoms with E-state index < -0.39 is 17.5 Å². The summed E-state index contributed by atoms with van der Waals surface area (Å²) < 4.78 is 37.8. The summed E-state index contributed by atoms with van der Waals surface area (Å²) in [4.78, 5) is 0. The Kier molecular flexibility index (Phi) is 4.69. The van der Waals surface area contributed by atoms with Crippen LogP contribution in [0.3, 0.4) is 0 Å². The molecule has 3 N–H and O–H groups in total. The van der Waals surface area contributed by atoms with Crippen molar-refractivity contribution in [1.82, 2.24) is 0 Å². The van der Waals surface area contributed by atoms with Crippen LogP contribution >= 0.6 is 0 Å². The van der Waals surface area contributed by atoms with E-state index in [9.17, 15) is 13.2 Å². The zero-order valence-corrected chi connectivity index (χ0v) is 9.11. The van der Waals surface area contributed by atoms with E-state index in [1.807, 2.05) is 0 Å². The van der Waals surface area contributed by atoms with Crippen molar-refractivity contribution in [2.45, 2.75) is 13.0 Å². The molecule has 0 amide bonds. The van der Waals surface area contributed by atoms with E-state index in [1.165, 1.54) is 6.07 Å². The van der Waals surface area contributed by atoms with Gasteiger partial charge in [-0.05, 0) is 19.1 Å². The molecule has 1 unspecified atom stereocenters. The predicted molar refractivity (Wildman–Crippen MR) is 37.6 cm³/mol. The number of rotatable bonds is 1. The highest BCUT2D eigenvalue weighted by atomic mass is 127. The van der Waals surface area contributed by atoms with Gasteiger partial charge in [0.15, 0.2) is 17.5 Å². The highest BCUT2D eigenvalue weighted by molar-refractivity contribution is 5.21. The van der Waals surface area contributed by atoms with Crippen LogP contribution in [0.15, 0.2) is 12.1 Å². The van der Waals surface area contributed by atoms with Crippen molar-refractivity contribution in [3.63, 3.8) is 0 Å². The highest BCUT2D eigenvalue weighted by Gasteiger charge is 2.16. The van der Waals surface area contributed by atoms with Crippen molar-refractivity contribution in [3.8, 4) is 0 Å². The number of hydrogen-bond donors (Lipinski definition) is 1. The van der Waals surface area contributed by atoms with Crippen molar-refractivity contribution >= 4 is 0 Å². The van der Waals surface area contributed by atoms with E-state index in [0.29, 0.717) is 0 Å². The molecule has 0 aliphatic heterocycles. The van der Waals surface area contributed by atoms with Crippen molar-refractivity contribution in [2.24, 2.45) is 0 Å². The zero-order valence-electron chi connectivity index (χ0n) is 6.95. The van der Waals surface area contributed by atoms with Gasteiger partial charge in [-0.25, -0.2) is 13.2 Å². The second-order valence-corrected chi connectivity index (χ2v) is 2.67. The van der Waals surface area contributed by atoms with E-state index >= 15 is 0 Å². The third kappa shape index (κ3) is 2.57. The Bertz CT molecular complexity index is 302. The maximum absolute atomic E-state index is 12.9. The molecular formula is C8H9F3IN. The minimum Gasteiger partial charge on any atom is -1.00 e. The van der Waals surface area contributed by atoms with E-state index in [-0.39, 0.29) is 35.6 Å². The molecule has 0 aliphatic carbocycles. The molecule has 74 valence electrons. The summed E-state index contributed by atoms with van der Waals surface area (Å²) in [6, 6.07) is 1.71. The molecule has 0 heterocycles. The quantitative estimate of drug-likeness (QED) is 0.479. The largest absolute Gasteiger partial charge is 1.00 e. The molecule has 5 heteroatoms. The van der Waals surface area contributed by atoms with Gasteiger partial charge in [-0.1, -0.05) is 0 Å². The first-order valence-electron chi connectivity index (χ1n) is 3.50. The van der Waals surface area contributed by atoms with Gasteiger partial charge >= 0.3 is 0 Å². The Labute approximate surface area is 91.1 Å². The summed E-state index contributed by atoms with van der Waals surface area (Å²) in [5.74, 6) is -3.74. The van der Waals surface area contributed by atoms with Crippen LogP contribution in [0.4, 0.5) is 13.2 Å². The second kappa shape index (κ2) is 4.80. The normalized spacial score (nSPS) is 12.1. The fraction of sp³-hybridized carbons (Fsp3) is 0.250. The van der Waals surface area contributed by atoms with Gasteiger partial charge in [0.05, 0.1) is 0 Å². The molecule has 13 heavy (non-hydrogen) atoms. The van der Waals surface area contributed by atoms with Gasteiger partial charge in [-0.3, -0.25) is 0 Å². The van der Waals surface area contributed by atoms with Crippen LogP contribution in [-0.2, 0) is 0 Å². The fourth-order valence-electron chi connectivity index (χ4n) is 0.921. The first kappa shape index (κ1) is 12.7. The summed E-state index contributed by atoms with van der Waals surface area (Å²) in [6.45, 7) is 1.61. The van der Waals surface area contributed by atoms with Crippen LogP contribution in [-0.4, -0.2) is 0 Å². The summed E-state index contributed by atoms with van der Waals surface area (Å²) in [5.41, 5.74) is 3.60. The Morgan fingerprint density at radius 1 is 1.15 bits per heavy atom. The van der Waals surface area contributed by atoms with Gasteiger partial charge in [0, 0.05) is 5.56 Å². The molecule has 0 spiro atoms. The molecule has 1 atom stereocenters. The van der Waals surface area contributed by atoms with Crippen LogP contribution in [0.1, 0.15) is 18.5 Å². The smallest absolute Gasteiger partial charge is 0.194 e. The number of hydrogen-bond acceptors (Lipinski definition) is 0. The molecule has 1 nitrogen and oxygen atoms in total. The molecular weight excluding hydrogens is 294 g/mol. The number of quaternary nitrogens is 1. The molecule has 1 aromatic carbocycles. The van der Waals surface area contributed by atoms with Gasteiger partial charge in [0.2, 0.25) is 0 Å². The zero-order chi connectivity index (χ0) is 9.30. The highest BCUT2D eigenvalue weighted by Crippen LogP contribution is 2.18. The Hall–Kier alpha value is -0.300. The van der Waals surface area contributed by atoms with Gasteiger partial charge in [0.1, 0.15) is 6.04 Å². The first-order valence-corrected chi connectivity index (χ1v) is 3.50. The summed E-state index contributed by atoms with van der Waals surface area (Å²) in [6.07, 6.45) is 0. The molecule has 0 fully saturated rings. The summed E-state index contributed by atoms with van der Waals surface area (Å²) >= 11 is 0. The molecule has 0 radical (unpaired) electrons. The van der Waals surface area contributed by atoms with Crippen LogP contribution in [0.25, 0.3) is 0 Å². The first-order chi connectivity index (χ1) is 5.54. The molecule has 0 saturated carbocycles. The number of halogens is 4. The van der Waals surface area contributed by atoms with E-state index in [4.69, 9.17) is 0 Å². The molecule has 0 aromatic heterocycles. The molecule has 1 aromatic rings. The van der Waals surface area contributed by atoms with E-state index in [2.05, 4.69) is 5.73 Å². The van der Waals surface area contributed by atoms with E-state index in [0.717, 1.165) is 6.07 Å². The molecule has 1 rings (SSSR count). The lowest BCUT2D eigenvalue weighted by molar-refractivity contribution is -0.421. The van der Waals surface area contributed by atoms with Crippen molar-refractivity contribution < 1.29 is 42.9 Å². The van der Waals surface area contributed by atoms with Gasteiger partial charge < -0.3 is 29.7 Å². The average molecular weight is 303 g/mol. The lowest BCUT2D eigenvalue weighted by Crippen LogP contribution is -3.00. The van der Waals surface area contributed by atoms with Crippen LogP contribution < -0.4 is 29.7 Å². The summed E-state index contributed by atoms with van der Waals surface area (Å²) in [7, 11) is 0. The Morgan fingerprint density at radius 2 is 1.69 bits per heavy atom. The average Bonchev–Trinajstić information content (AvgIpc) is 2.00. The fourth-order valence-corrected chi connectivity index (χ4v) is 0.921. The van der Waals surface area contributed by atoms with Crippen molar-refractivity contribution in [1.29, 1.82) is 0 Å². The lowest BCUT2D eigenvalue weighted by atomic mass is 10.1. The molecule has 0 aliphatic rings. The molecule has 0 saturated heterocycles. The van der Waals surface area contributed by atoms with E-state index in [1.54, 1.807) is 6.92 Å². The standard InChI is InChI=1S/C8H8F3N.HI/c1-4(12)5-2-3-6(9)8(11)7(5)10;/h2-4H,12H2,1H3;1H. The predicted octanol–water partition coefficient (Wildman–Crippen LogP) is -1.59. The van der Waals surface area contributed by atoms with Crippen LogP contribution in [0.5, 0.6) is 0 Å². The maximum atomic E-state index is 12.9. The second-order valence-electron chi connectivity index (χ2n) is 2.67. The SMILES string of the molecule is CC([NH3+])c1ccc(F)c(F)c1F.[I-]. The topological polar surface area (TPSA) is 27.6 Å². The van der Waals surface area contributed by atoms with Crippen molar-refractivity contribution in [3.05, 3.63) is 35.1 Å². The monoisotopic (exact) mass is 303 g/mol. The third-order valence-corrected chi connectivity index (χ3v) is 1.60. The van der Waals surface area contributed by atoms with Crippen molar-refractivity contribution in [2.75, 3.05) is 0 Å². The molecule has 0 bridgehead atoms. The minimum atomic E-state index is -1.43.